The van der Waals surface area contributed by atoms with Crippen LogP contribution in [0.2, 0.25) is 0 Å². The number of nitrogens with zero attached hydrogens (tertiary/aromatic N) is 3. The van der Waals surface area contributed by atoms with Gasteiger partial charge in [-0.25, -0.2) is 8.42 Å². The zero-order valence-corrected chi connectivity index (χ0v) is 11.9. The van der Waals surface area contributed by atoms with Crippen LogP contribution in [0.3, 0.4) is 0 Å². The molecule has 0 aliphatic heterocycles. The average molecular weight is 270 g/mol. The van der Waals surface area contributed by atoms with Crippen LogP contribution in [0, 0.1) is 16.7 Å². The van der Waals surface area contributed by atoms with E-state index in [9.17, 15) is 8.42 Å². The summed E-state index contributed by atoms with van der Waals surface area (Å²) in [5.41, 5.74) is 0.161. The minimum absolute atomic E-state index is 0.0118. The molecule has 100 valence electrons. The zero-order valence-electron chi connectivity index (χ0n) is 11.1. The van der Waals surface area contributed by atoms with Gasteiger partial charge in [-0.15, -0.1) is 0 Å². The quantitative estimate of drug-likeness (QED) is 0.897. The molecular weight excluding hydrogens is 252 g/mol. The number of hydrogen-bond acceptors (Lipinski definition) is 4. The molecule has 0 unspecified atom stereocenters. The minimum Gasteiger partial charge on any atom is -0.272 e. The lowest BCUT2D eigenvalue weighted by Crippen LogP contribution is -2.21. The van der Waals surface area contributed by atoms with E-state index < -0.39 is 10.0 Å². The van der Waals surface area contributed by atoms with Crippen LogP contribution in [0.4, 0.5) is 5.82 Å². The number of nitriles is 1. The summed E-state index contributed by atoms with van der Waals surface area (Å²) in [5.74, 6) is 0.103. The van der Waals surface area contributed by atoms with E-state index in [1.165, 1.54) is 10.9 Å². The van der Waals surface area contributed by atoms with E-state index in [-0.39, 0.29) is 22.5 Å². The molecule has 0 bridgehead atoms. The van der Waals surface area contributed by atoms with Crippen LogP contribution in [0.15, 0.2) is 6.20 Å². The molecule has 0 aliphatic carbocycles. The van der Waals surface area contributed by atoms with E-state index in [0.717, 1.165) is 0 Å². The predicted octanol–water partition coefficient (Wildman–Crippen LogP) is 1.47. The SMILES string of the molecule is Cn1cc(C#N)c(NS(=O)(=O)CCC(C)(C)C)n1. The fraction of sp³-hybridized carbons (Fsp3) is 0.636. The monoisotopic (exact) mass is 270 g/mol. The number of anilines is 1. The molecule has 18 heavy (non-hydrogen) atoms. The molecule has 0 atom stereocenters. The number of sulfonamides is 1. The highest BCUT2D eigenvalue weighted by Crippen LogP contribution is 2.20. The Morgan fingerprint density at radius 1 is 1.50 bits per heavy atom. The van der Waals surface area contributed by atoms with Crippen LogP contribution in [-0.2, 0) is 17.1 Å². The first-order chi connectivity index (χ1) is 8.13. The predicted molar refractivity (Wildman–Crippen MR) is 69.4 cm³/mol. The molecule has 1 aromatic heterocycles. The maximum Gasteiger partial charge on any atom is 0.233 e. The van der Waals surface area contributed by atoms with E-state index in [0.29, 0.717) is 6.42 Å². The summed E-state index contributed by atoms with van der Waals surface area (Å²) in [6, 6.07) is 1.90. The van der Waals surface area contributed by atoms with E-state index in [4.69, 9.17) is 5.26 Å². The van der Waals surface area contributed by atoms with Crippen molar-refractivity contribution in [1.29, 1.82) is 5.26 Å². The van der Waals surface area contributed by atoms with Gasteiger partial charge in [0.1, 0.15) is 11.6 Å². The second-order valence-corrected chi connectivity index (χ2v) is 7.25. The van der Waals surface area contributed by atoms with Gasteiger partial charge in [-0.3, -0.25) is 9.40 Å². The molecule has 0 aliphatic rings. The third kappa shape index (κ3) is 4.37. The van der Waals surface area contributed by atoms with Crippen molar-refractivity contribution in [3.05, 3.63) is 11.8 Å². The molecule has 0 saturated heterocycles. The molecule has 1 heterocycles. The van der Waals surface area contributed by atoms with Gasteiger partial charge in [0, 0.05) is 13.2 Å². The van der Waals surface area contributed by atoms with Crippen molar-refractivity contribution < 1.29 is 8.42 Å². The van der Waals surface area contributed by atoms with Crippen molar-refractivity contribution in [1.82, 2.24) is 9.78 Å². The molecule has 0 radical (unpaired) electrons. The molecule has 1 aromatic rings. The molecule has 0 spiro atoms. The lowest BCUT2D eigenvalue weighted by atomic mass is 9.94. The van der Waals surface area contributed by atoms with Gasteiger partial charge in [-0.05, 0) is 11.8 Å². The first-order valence-electron chi connectivity index (χ1n) is 5.57. The first kappa shape index (κ1) is 14.5. The second-order valence-electron chi connectivity index (χ2n) is 5.41. The third-order valence-electron chi connectivity index (χ3n) is 2.32. The molecule has 1 N–H and O–H groups in total. The van der Waals surface area contributed by atoms with Crippen LogP contribution >= 0.6 is 0 Å². The van der Waals surface area contributed by atoms with Gasteiger partial charge in [-0.2, -0.15) is 10.4 Å². The Labute approximate surface area is 108 Å². The number of nitrogens with one attached hydrogen (secondary N) is 1. The van der Waals surface area contributed by atoms with Crippen molar-refractivity contribution >= 4 is 15.8 Å². The molecule has 0 amide bonds. The Balaban J connectivity index is 2.80. The van der Waals surface area contributed by atoms with Crippen molar-refractivity contribution in [3.8, 4) is 6.07 Å². The van der Waals surface area contributed by atoms with Crippen molar-refractivity contribution in [2.75, 3.05) is 10.5 Å². The van der Waals surface area contributed by atoms with Crippen LogP contribution in [-0.4, -0.2) is 24.0 Å². The Morgan fingerprint density at radius 2 is 2.11 bits per heavy atom. The summed E-state index contributed by atoms with van der Waals surface area (Å²) >= 11 is 0. The maximum absolute atomic E-state index is 11.9. The highest BCUT2D eigenvalue weighted by atomic mass is 32.2. The van der Waals surface area contributed by atoms with Gasteiger partial charge >= 0.3 is 0 Å². The standard InChI is InChI=1S/C11H18N4O2S/c1-11(2,3)5-6-18(16,17)14-10-9(7-12)8-15(4)13-10/h8H,5-6H2,1-4H3,(H,13,14). The Kier molecular flexibility index (Phi) is 4.02. The Bertz CT molecular complexity index is 561. The normalized spacial score (nSPS) is 12.2. The topological polar surface area (TPSA) is 87.8 Å². The van der Waals surface area contributed by atoms with E-state index in [1.807, 2.05) is 26.8 Å². The molecule has 0 aromatic carbocycles. The summed E-state index contributed by atoms with van der Waals surface area (Å²) in [7, 11) is -1.83. The van der Waals surface area contributed by atoms with Gasteiger partial charge in [0.15, 0.2) is 5.82 Å². The van der Waals surface area contributed by atoms with Gasteiger partial charge in [0.25, 0.3) is 0 Å². The lowest BCUT2D eigenvalue weighted by molar-refractivity contribution is 0.397. The zero-order chi connectivity index (χ0) is 14.0. The van der Waals surface area contributed by atoms with Crippen molar-refractivity contribution in [2.24, 2.45) is 12.5 Å². The number of hydrogen-bond donors (Lipinski definition) is 1. The van der Waals surface area contributed by atoms with Gasteiger partial charge in [0.05, 0.1) is 5.75 Å². The second kappa shape index (κ2) is 4.98. The summed E-state index contributed by atoms with van der Waals surface area (Å²) in [5, 5.41) is 12.8. The number of aryl methyl sites for hydroxylation is 1. The summed E-state index contributed by atoms with van der Waals surface area (Å²) in [6.45, 7) is 5.93. The maximum atomic E-state index is 11.9. The Morgan fingerprint density at radius 3 is 2.61 bits per heavy atom. The summed E-state index contributed by atoms with van der Waals surface area (Å²) < 4.78 is 27.5. The van der Waals surface area contributed by atoms with Crippen LogP contribution in [0.5, 0.6) is 0 Å². The van der Waals surface area contributed by atoms with Crippen LogP contribution in [0.25, 0.3) is 0 Å². The molecular formula is C11H18N4O2S. The van der Waals surface area contributed by atoms with Gasteiger partial charge in [-0.1, -0.05) is 20.8 Å². The average Bonchev–Trinajstić information content (AvgIpc) is 2.54. The lowest BCUT2D eigenvalue weighted by Gasteiger charge is -2.17. The highest BCUT2D eigenvalue weighted by Gasteiger charge is 2.19. The van der Waals surface area contributed by atoms with Gasteiger partial charge < -0.3 is 0 Å². The summed E-state index contributed by atoms with van der Waals surface area (Å²) in [4.78, 5) is 0. The summed E-state index contributed by atoms with van der Waals surface area (Å²) in [6.07, 6.45) is 2.01. The first-order valence-corrected chi connectivity index (χ1v) is 7.22. The largest absolute Gasteiger partial charge is 0.272 e. The highest BCUT2D eigenvalue weighted by molar-refractivity contribution is 7.92. The van der Waals surface area contributed by atoms with E-state index in [2.05, 4.69) is 9.82 Å². The van der Waals surface area contributed by atoms with Crippen molar-refractivity contribution in [2.45, 2.75) is 27.2 Å². The van der Waals surface area contributed by atoms with Crippen LogP contribution in [0.1, 0.15) is 32.8 Å². The van der Waals surface area contributed by atoms with E-state index in [1.54, 1.807) is 7.05 Å². The fourth-order valence-corrected chi connectivity index (χ4v) is 2.71. The van der Waals surface area contributed by atoms with Crippen LogP contribution < -0.4 is 4.72 Å². The molecule has 0 fully saturated rings. The molecule has 1 rings (SSSR count). The Hall–Kier alpha value is -1.55. The number of aromatic nitrogens is 2. The molecule has 7 heteroatoms. The van der Waals surface area contributed by atoms with E-state index >= 15 is 0 Å². The third-order valence-corrected chi connectivity index (χ3v) is 3.57. The molecule has 6 nitrogen and oxygen atoms in total. The minimum atomic E-state index is -3.46. The number of rotatable bonds is 4. The van der Waals surface area contributed by atoms with Gasteiger partial charge in [0.2, 0.25) is 10.0 Å². The molecule has 0 saturated carbocycles. The smallest absolute Gasteiger partial charge is 0.233 e. The fourth-order valence-electron chi connectivity index (χ4n) is 1.28. The van der Waals surface area contributed by atoms with Crippen molar-refractivity contribution in [3.63, 3.8) is 0 Å².